The van der Waals surface area contributed by atoms with E-state index in [-0.39, 0.29) is 0 Å². The molecule has 2 rings (SSSR count). The van der Waals surface area contributed by atoms with Crippen LogP contribution in [0.25, 0.3) is 0 Å². The zero-order chi connectivity index (χ0) is 12.3. The van der Waals surface area contributed by atoms with Crippen molar-refractivity contribution >= 4 is 0 Å². The Kier molecular flexibility index (Phi) is 3.82. The van der Waals surface area contributed by atoms with Gasteiger partial charge in [0.2, 0.25) is 0 Å². The fourth-order valence-corrected chi connectivity index (χ4v) is 2.82. The second-order valence-electron chi connectivity index (χ2n) is 5.39. The van der Waals surface area contributed by atoms with Gasteiger partial charge in [0.25, 0.3) is 0 Å². The van der Waals surface area contributed by atoms with E-state index in [1.807, 2.05) is 14.0 Å². The van der Waals surface area contributed by atoms with Gasteiger partial charge in [-0.1, -0.05) is 19.8 Å². The molecule has 1 heterocycles. The van der Waals surface area contributed by atoms with Crippen molar-refractivity contribution in [1.29, 1.82) is 0 Å². The van der Waals surface area contributed by atoms with Crippen LogP contribution in [-0.4, -0.2) is 21.3 Å². The Morgan fingerprint density at radius 1 is 1.29 bits per heavy atom. The number of aryl methyl sites for hydroxylation is 1. The first-order chi connectivity index (χ1) is 8.17. The monoisotopic (exact) mass is 236 g/mol. The molecule has 0 unspecified atom stereocenters. The fourth-order valence-electron chi connectivity index (χ4n) is 2.82. The van der Waals surface area contributed by atoms with Crippen molar-refractivity contribution in [3.8, 4) is 0 Å². The Labute approximate surface area is 104 Å². The van der Waals surface area contributed by atoms with Crippen LogP contribution in [-0.2, 0) is 13.6 Å². The number of nitrogens with zero attached hydrogens (tertiary/aromatic N) is 3. The van der Waals surface area contributed by atoms with Gasteiger partial charge in [-0.05, 0) is 31.6 Å². The smallest absolute Gasteiger partial charge is 0.146 e. The molecule has 1 aromatic heterocycles. The van der Waals surface area contributed by atoms with Crippen LogP contribution < -0.4 is 5.32 Å². The quantitative estimate of drug-likeness (QED) is 0.852. The van der Waals surface area contributed by atoms with E-state index in [4.69, 9.17) is 0 Å². The molecule has 0 bridgehead atoms. The summed E-state index contributed by atoms with van der Waals surface area (Å²) in [5, 5.41) is 11.8. The summed E-state index contributed by atoms with van der Waals surface area (Å²) in [6.07, 6.45) is 6.86. The van der Waals surface area contributed by atoms with Crippen molar-refractivity contribution < 1.29 is 0 Å². The molecule has 0 atom stereocenters. The van der Waals surface area contributed by atoms with Gasteiger partial charge in [-0.3, -0.25) is 0 Å². The number of aromatic nitrogens is 3. The minimum absolute atomic E-state index is 0.549. The van der Waals surface area contributed by atoms with Gasteiger partial charge in [0.05, 0.1) is 6.54 Å². The van der Waals surface area contributed by atoms with Gasteiger partial charge in [-0.25, -0.2) is 0 Å². The number of nitrogens with one attached hydrogen (secondary N) is 1. The SMILES string of the molecule is CCC1(CNCc2nnc(C)n2C)CCCC1. The van der Waals surface area contributed by atoms with Crippen LogP contribution in [0.3, 0.4) is 0 Å². The van der Waals surface area contributed by atoms with E-state index in [0.29, 0.717) is 5.41 Å². The highest BCUT2D eigenvalue weighted by Gasteiger charge is 2.31. The van der Waals surface area contributed by atoms with Gasteiger partial charge >= 0.3 is 0 Å². The second kappa shape index (κ2) is 5.17. The van der Waals surface area contributed by atoms with Crippen molar-refractivity contribution in [2.24, 2.45) is 12.5 Å². The maximum absolute atomic E-state index is 4.18. The highest BCUT2D eigenvalue weighted by molar-refractivity contribution is 4.93. The molecule has 1 N–H and O–H groups in total. The maximum Gasteiger partial charge on any atom is 0.146 e. The number of hydrogen-bond acceptors (Lipinski definition) is 3. The molecule has 0 saturated heterocycles. The summed E-state index contributed by atoms with van der Waals surface area (Å²) in [7, 11) is 2.03. The first-order valence-corrected chi connectivity index (χ1v) is 6.72. The molecule has 4 heteroatoms. The highest BCUT2D eigenvalue weighted by atomic mass is 15.3. The minimum atomic E-state index is 0.549. The third-order valence-corrected chi connectivity index (χ3v) is 4.38. The molecule has 1 saturated carbocycles. The molecule has 1 aliphatic carbocycles. The zero-order valence-corrected chi connectivity index (χ0v) is 11.3. The van der Waals surface area contributed by atoms with Crippen molar-refractivity contribution in [2.75, 3.05) is 6.54 Å². The van der Waals surface area contributed by atoms with E-state index in [2.05, 4.69) is 27.0 Å². The van der Waals surface area contributed by atoms with Crippen molar-refractivity contribution in [3.63, 3.8) is 0 Å². The summed E-state index contributed by atoms with van der Waals surface area (Å²) in [5.41, 5.74) is 0.549. The van der Waals surface area contributed by atoms with Crippen LogP contribution in [0.4, 0.5) is 0 Å². The number of rotatable bonds is 5. The molecular weight excluding hydrogens is 212 g/mol. The number of hydrogen-bond donors (Lipinski definition) is 1. The molecule has 0 radical (unpaired) electrons. The van der Waals surface area contributed by atoms with E-state index >= 15 is 0 Å². The van der Waals surface area contributed by atoms with Crippen LogP contribution >= 0.6 is 0 Å². The Morgan fingerprint density at radius 2 is 2.00 bits per heavy atom. The van der Waals surface area contributed by atoms with Crippen molar-refractivity contribution in [1.82, 2.24) is 20.1 Å². The lowest BCUT2D eigenvalue weighted by molar-refractivity contribution is 0.267. The molecular formula is C13H24N4. The predicted molar refractivity (Wildman–Crippen MR) is 68.6 cm³/mol. The Bertz CT molecular complexity index is 363. The van der Waals surface area contributed by atoms with E-state index in [0.717, 1.165) is 24.7 Å². The molecule has 0 spiro atoms. The van der Waals surface area contributed by atoms with E-state index in [1.54, 1.807) is 0 Å². The van der Waals surface area contributed by atoms with Gasteiger partial charge in [0.1, 0.15) is 11.6 Å². The Hall–Kier alpha value is -0.900. The first kappa shape index (κ1) is 12.6. The molecule has 0 aromatic carbocycles. The van der Waals surface area contributed by atoms with Crippen LogP contribution in [0.2, 0.25) is 0 Å². The summed E-state index contributed by atoms with van der Waals surface area (Å²) < 4.78 is 2.06. The Balaban J connectivity index is 1.85. The lowest BCUT2D eigenvalue weighted by atomic mass is 9.83. The molecule has 1 fully saturated rings. The minimum Gasteiger partial charge on any atom is -0.317 e. The summed E-state index contributed by atoms with van der Waals surface area (Å²) in [5.74, 6) is 2.01. The van der Waals surface area contributed by atoms with Gasteiger partial charge in [0.15, 0.2) is 0 Å². The van der Waals surface area contributed by atoms with Gasteiger partial charge in [-0.2, -0.15) is 0 Å². The lowest BCUT2D eigenvalue weighted by Gasteiger charge is -2.27. The Morgan fingerprint density at radius 3 is 2.53 bits per heavy atom. The third kappa shape index (κ3) is 2.68. The zero-order valence-electron chi connectivity index (χ0n) is 11.3. The second-order valence-corrected chi connectivity index (χ2v) is 5.39. The maximum atomic E-state index is 4.18. The molecule has 0 amide bonds. The summed E-state index contributed by atoms with van der Waals surface area (Å²) in [4.78, 5) is 0. The largest absolute Gasteiger partial charge is 0.317 e. The topological polar surface area (TPSA) is 42.7 Å². The average molecular weight is 236 g/mol. The van der Waals surface area contributed by atoms with E-state index in [1.165, 1.54) is 32.1 Å². The molecule has 17 heavy (non-hydrogen) atoms. The van der Waals surface area contributed by atoms with Crippen molar-refractivity contribution in [2.45, 2.75) is 52.5 Å². The molecule has 0 aliphatic heterocycles. The van der Waals surface area contributed by atoms with Gasteiger partial charge in [-0.15, -0.1) is 10.2 Å². The lowest BCUT2D eigenvalue weighted by Crippen LogP contribution is -2.31. The summed E-state index contributed by atoms with van der Waals surface area (Å²) >= 11 is 0. The summed E-state index contributed by atoms with van der Waals surface area (Å²) in [6.45, 7) is 6.26. The predicted octanol–water partition coefficient (Wildman–Crippen LogP) is 2.18. The summed E-state index contributed by atoms with van der Waals surface area (Å²) in [6, 6.07) is 0. The fraction of sp³-hybridized carbons (Fsp3) is 0.846. The van der Waals surface area contributed by atoms with Gasteiger partial charge in [0, 0.05) is 13.6 Å². The average Bonchev–Trinajstić information content (AvgIpc) is 2.92. The van der Waals surface area contributed by atoms with Crippen LogP contribution in [0.1, 0.15) is 50.7 Å². The first-order valence-electron chi connectivity index (χ1n) is 6.72. The molecule has 1 aromatic rings. The molecule has 96 valence electrons. The normalized spacial score (nSPS) is 18.8. The van der Waals surface area contributed by atoms with E-state index in [9.17, 15) is 0 Å². The van der Waals surface area contributed by atoms with Crippen LogP contribution in [0, 0.1) is 12.3 Å². The van der Waals surface area contributed by atoms with E-state index < -0.39 is 0 Å². The van der Waals surface area contributed by atoms with Crippen molar-refractivity contribution in [3.05, 3.63) is 11.6 Å². The molecule has 4 nitrogen and oxygen atoms in total. The standard InChI is InChI=1S/C13H24N4/c1-4-13(7-5-6-8-13)10-14-9-12-16-15-11(2)17(12)3/h14H,4-10H2,1-3H3. The van der Waals surface area contributed by atoms with Crippen LogP contribution in [0.5, 0.6) is 0 Å². The highest BCUT2D eigenvalue weighted by Crippen LogP contribution is 2.40. The van der Waals surface area contributed by atoms with Gasteiger partial charge < -0.3 is 9.88 Å². The molecule has 1 aliphatic rings. The van der Waals surface area contributed by atoms with Crippen LogP contribution in [0.15, 0.2) is 0 Å². The third-order valence-electron chi connectivity index (χ3n) is 4.38.